The minimum Gasteiger partial charge on any atom is -0.457 e. The van der Waals surface area contributed by atoms with Crippen molar-refractivity contribution in [3.05, 3.63) is 212 Å². The first-order chi connectivity index (χ1) is 34.1. The van der Waals surface area contributed by atoms with Crippen LogP contribution in [-0.4, -0.2) is 42.4 Å². The predicted molar refractivity (Wildman–Crippen MR) is 281 cm³/mol. The van der Waals surface area contributed by atoms with Gasteiger partial charge in [0, 0.05) is 86.9 Å². The first-order valence-electron chi connectivity index (χ1n) is 23.3. The highest BCUT2D eigenvalue weighted by Crippen LogP contribution is 2.44. The maximum atomic E-state index is 6.69. The molecule has 0 radical (unpaired) electrons. The maximum absolute atomic E-state index is 6.69. The smallest absolute Gasteiger partial charge is 0.178 e. The van der Waals surface area contributed by atoms with Gasteiger partial charge in [-0.25, -0.2) is 15.0 Å². The van der Waals surface area contributed by atoms with Crippen LogP contribution >= 0.6 is 0 Å². The molecule has 9 heteroatoms. The zero-order chi connectivity index (χ0) is 45.7. The summed E-state index contributed by atoms with van der Waals surface area (Å²) in [6, 6.07) is 67.0. The summed E-state index contributed by atoms with van der Waals surface area (Å²) in [4.78, 5) is 18.9. The molecule has 0 unspecified atom stereocenters. The van der Waals surface area contributed by atoms with E-state index in [1.165, 1.54) is 21.5 Å². The van der Waals surface area contributed by atoms with Crippen LogP contribution in [0.25, 0.3) is 93.7 Å². The zero-order valence-electron chi connectivity index (χ0n) is 37.8. The largest absolute Gasteiger partial charge is 0.457 e. The summed E-state index contributed by atoms with van der Waals surface area (Å²) < 4.78 is 13.8. The van der Waals surface area contributed by atoms with E-state index < -0.39 is 0 Å². The Morgan fingerprint density at radius 2 is 0.928 bits per heavy atom. The van der Waals surface area contributed by atoms with E-state index in [0.717, 1.165) is 107 Å². The molecule has 0 amide bonds. The summed E-state index contributed by atoms with van der Waals surface area (Å²) >= 11 is 0. The number of fused-ring (bicyclic) bond motifs is 10. The lowest BCUT2D eigenvalue weighted by molar-refractivity contribution is 0.483. The molecule has 5 aromatic heterocycles. The van der Waals surface area contributed by atoms with Gasteiger partial charge in [-0.1, -0.05) is 103 Å². The number of rotatable bonds is 7. The fraction of sp³-hybridized carbons (Fsp3) is 0.0500. The van der Waals surface area contributed by atoms with Gasteiger partial charge in [-0.2, -0.15) is 0 Å². The average Bonchev–Trinajstić information content (AvgIpc) is 4.12. The Morgan fingerprint density at radius 1 is 0.435 bits per heavy atom. The summed E-state index contributed by atoms with van der Waals surface area (Å²) in [6.07, 6.45) is 5.55. The summed E-state index contributed by atoms with van der Waals surface area (Å²) in [5, 5.41) is 7.13. The van der Waals surface area contributed by atoms with Gasteiger partial charge in [0.1, 0.15) is 17.3 Å². The zero-order valence-corrected chi connectivity index (χ0v) is 37.8. The lowest BCUT2D eigenvalue weighted by Gasteiger charge is -2.21. The van der Waals surface area contributed by atoms with Crippen molar-refractivity contribution in [3.63, 3.8) is 0 Å². The lowest BCUT2D eigenvalue weighted by Crippen LogP contribution is -2.24. The molecule has 0 aliphatic carbocycles. The van der Waals surface area contributed by atoms with Crippen LogP contribution in [0.2, 0.25) is 0 Å². The maximum Gasteiger partial charge on any atom is 0.178 e. The van der Waals surface area contributed by atoms with Crippen molar-refractivity contribution in [2.24, 2.45) is 0 Å². The number of hydrogen-bond acceptors (Lipinski definition) is 6. The monoisotopic (exact) mass is 890 g/mol. The highest BCUT2D eigenvalue weighted by Gasteiger charge is 2.28. The first-order valence-corrected chi connectivity index (χ1v) is 23.3. The molecule has 0 N–H and O–H groups in total. The van der Waals surface area contributed by atoms with E-state index in [9.17, 15) is 0 Å². The molecule has 0 bridgehead atoms. The third kappa shape index (κ3) is 5.93. The van der Waals surface area contributed by atoms with Gasteiger partial charge in [-0.05, 0) is 85.3 Å². The quantitative estimate of drug-likeness (QED) is 0.159. The number of para-hydroxylation sites is 5. The van der Waals surface area contributed by atoms with Gasteiger partial charge in [0.2, 0.25) is 0 Å². The van der Waals surface area contributed by atoms with Crippen molar-refractivity contribution in [2.75, 3.05) is 23.5 Å². The predicted octanol–water partition coefficient (Wildman–Crippen LogP) is 14.5. The fourth-order valence-corrected chi connectivity index (χ4v) is 10.9. The van der Waals surface area contributed by atoms with Crippen molar-refractivity contribution in [1.29, 1.82) is 0 Å². The van der Waals surface area contributed by atoms with Gasteiger partial charge in [-0.15, -0.1) is 0 Å². The molecule has 0 saturated carbocycles. The first kappa shape index (κ1) is 39.0. The summed E-state index contributed by atoms with van der Waals surface area (Å²) in [7, 11) is 2.03. The molecule has 8 aromatic carbocycles. The molecule has 0 spiro atoms. The second-order valence-corrected chi connectivity index (χ2v) is 17.9. The highest BCUT2D eigenvalue weighted by molar-refractivity contribution is 6.12. The molecule has 13 aromatic rings. The second-order valence-electron chi connectivity index (χ2n) is 17.9. The minimum atomic E-state index is 0.646. The van der Waals surface area contributed by atoms with Crippen molar-refractivity contribution >= 4 is 82.7 Å². The number of pyridine rings is 1. The standard InChI is InChI=1S/C60H42N8O/c1-38-33-57(68-53-26-12-7-21-46(53)47-30-29-41(35-56(47)68)69-40-16-13-15-39(34-40)65-37-64(2)59-60(65)62-32-31-61-59)63-36-48(38)58-54(66-49-22-8-3-17-42(49)43-18-4-9-23-50(43)66)27-14-28-55(58)67-51-24-10-5-19-44(51)45-20-6-11-25-52(45)67/h3-36H,37H2,1-2H3. The summed E-state index contributed by atoms with van der Waals surface area (Å²) in [5.41, 5.74) is 13.1. The third-order valence-electron chi connectivity index (χ3n) is 13.9. The molecule has 9 nitrogen and oxygen atoms in total. The second kappa shape index (κ2) is 15.2. The Labute approximate surface area is 397 Å². The minimum absolute atomic E-state index is 0.646. The van der Waals surface area contributed by atoms with E-state index >= 15 is 0 Å². The van der Waals surface area contributed by atoms with Crippen LogP contribution in [0.15, 0.2) is 207 Å². The van der Waals surface area contributed by atoms with E-state index in [2.05, 4.69) is 223 Å². The molecular weight excluding hydrogens is 849 g/mol. The molecular formula is C60H42N8O. The molecule has 0 atom stereocenters. The van der Waals surface area contributed by atoms with Crippen LogP contribution < -0.4 is 14.5 Å². The number of benzene rings is 8. The Kier molecular flexibility index (Phi) is 8.57. The number of hydrogen-bond donors (Lipinski definition) is 0. The topological polar surface area (TPSA) is 69.2 Å². The highest BCUT2D eigenvalue weighted by atomic mass is 16.5. The van der Waals surface area contributed by atoms with Crippen LogP contribution in [0.3, 0.4) is 0 Å². The molecule has 328 valence electrons. The van der Waals surface area contributed by atoms with E-state index in [-0.39, 0.29) is 0 Å². The third-order valence-corrected chi connectivity index (χ3v) is 13.9. The molecule has 1 aliphatic heterocycles. The van der Waals surface area contributed by atoms with E-state index in [4.69, 9.17) is 9.72 Å². The van der Waals surface area contributed by atoms with Crippen LogP contribution in [0, 0.1) is 6.92 Å². The number of ether oxygens (including phenoxy) is 1. The Bertz CT molecular complexity index is 3980. The van der Waals surface area contributed by atoms with Gasteiger partial charge >= 0.3 is 0 Å². The molecule has 6 heterocycles. The van der Waals surface area contributed by atoms with Gasteiger partial charge in [0.15, 0.2) is 11.6 Å². The van der Waals surface area contributed by atoms with Crippen molar-refractivity contribution in [1.82, 2.24) is 28.7 Å². The van der Waals surface area contributed by atoms with Gasteiger partial charge < -0.3 is 23.7 Å². The number of aryl methyl sites for hydroxylation is 1. The Hall–Kier alpha value is -9.21. The normalized spacial score (nSPS) is 12.7. The SMILES string of the molecule is Cc1cc(-n2c3ccccc3c3ccc(Oc4cccc(N5CN(C)c6nccnc65)c4)cc32)ncc1-c1c(-n2c3ccccc3c3ccccc32)cccc1-n1c2ccccc2c2ccccc21. The van der Waals surface area contributed by atoms with E-state index in [0.29, 0.717) is 6.67 Å². The van der Waals surface area contributed by atoms with E-state index in [1.54, 1.807) is 12.4 Å². The number of aromatic nitrogens is 6. The van der Waals surface area contributed by atoms with Crippen molar-refractivity contribution in [2.45, 2.75) is 6.92 Å². The number of nitrogens with zero attached hydrogens (tertiary/aromatic N) is 8. The van der Waals surface area contributed by atoms with Crippen LogP contribution in [0.1, 0.15) is 5.56 Å². The summed E-state index contributed by atoms with van der Waals surface area (Å²) in [6.45, 7) is 2.86. The average molecular weight is 891 g/mol. The van der Waals surface area contributed by atoms with Gasteiger partial charge in [0.05, 0.1) is 51.1 Å². The van der Waals surface area contributed by atoms with Crippen LogP contribution in [0.5, 0.6) is 11.5 Å². The van der Waals surface area contributed by atoms with Gasteiger partial charge in [-0.3, -0.25) is 4.57 Å². The number of anilines is 3. The van der Waals surface area contributed by atoms with Crippen molar-refractivity contribution in [3.8, 4) is 39.8 Å². The Morgan fingerprint density at radius 3 is 1.49 bits per heavy atom. The molecule has 0 fully saturated rings. The lowest BCUT2D eigenvalue weighted by atomic mass is 9.98. The molecule has 0 saturated heterocycles. The Balaban J connectivity index is 0.943. The molecule has 1 aliphatic rings. The van der Waals surface area contributed by atoms with Crippen molar-refractivity contribution < 1.29 is 4.74 Å². The van der Waals surface area contributed by atoms with Crippen LogP contribution in [-0.2, 0) is 0 Å². The molecule has 14 rings (SSSR count). The summed E-state index contributed by atoms with van der Waals surface area (Å²) in [5.74, 6) is 3.97. The molecule has 69 heavy (non-hydrogen) atoms. The fourth-order valence-electron chi connectivity index (χ4n) is 10.9. The van der Waals surface area contributed by atoms with E-state index in [1.807, 2.05) is 19.2 Å². The van der Waals surface area contributed by atoms with Gasteiger partial charge in [0.25, 0.3) is 0 Å². The van der Waals surface area contributed by atoms with Crippen LogP contribution in [0.4, 0.5) is 17.3 Å².